The lowest BCUT2D eigenvalue weighted by atomic mass is 10.0. The van der Waals surface area contributed by atoms with Crippen molar-refractivity contribution < 1.29 is 14.3 Å². The van der Waals surface area contributed by atoms with Crippen molar-refractivity contribution in [3.63, 3.8) is 0 Å². The zero-order chi connectivity index (χ0) is 28.0. The van der Waals surface area contributed by atoms with Crippen LogP contribution in [0.4, 0.5) is 11.4 Å². The van der Waals surface area contributed by atoms with Crippen molar-refractivity contribution in [3.05, 3.63) is 120 Å². The third kappa shape index (κ3) is 6.40. The molecule has 1 saturated heterocycles. The molecule has 0 spiro atoms. The summed E-state index contributed by atoms with van der Waals surface area (Å²) >= 11 is 0. The van der Waals surface area contributed by atoms with Gasteiger partial charge in [0.1, 0.15) is 0 Å². The van der Waals surface area contributed by atoms with Gasteiger partial charge in [-0.15, -0.1) is 0 Å². The zero-order valence-electron chi connectivity index (χ0n) is 22.8. The topological polar surface area (TPSA) is 91.4 Å². The number of hydrogen-bond acceptors (Lipinski definition) is 5. The Balaban J connectivity index is 1.04. The SMILES string of the molecule is O=C(Nc1ccc(C(=O)c2ccc(NCc3ccc[nH]3)cc2)cc1)c1ccc2c(ccn2CCN2CCOCC2)c1. The number of nitrogens with one attached hydrogen (secondary N) is 3. The van der Waals surface area contributed by atoms with E-state index in [1.807, 2.05) is 60.8 Å². The summed E-state index contributed by atoms with van der Waals surface area (Å²) in [6, 6.07) is 26.3. The second-order valence-electron chi connectivity index (χ2n) is 10.2. The molecule has 0 radical (unpaired) electrons. The maximum atomic E-state index is 13.0. The summed E-state index contributed by atoms with van der Waals surface area (Å²) in [4.78, 5) is 31.6. The summed E-state index contributed by atoms with van der Waals surface area (Å²) in [6.07, 6.45) is 3.97. The lowest BCUT2D eigenvalue weighted by Gasteiger charge is -2.26. The molecule has 1 fully saturated rings. The van der Waals surface area contributed by atoms with E-state index in [9.17, 15) is 9.59 Å². The smallest absolute Gasteiger partial charge is 0.255 e. The number of H-pyrrole nitrogens is 1. The fourth-order valence-corrected chi connectivity index (χ4v) is 5.10. The number of benzene rings is 3. The summed E-state index contributed by atoms with van der Waals surface area (Å²) in [5.74, 6) is -0.253. The number of anilines is 2. The van der Waals surface area contributed by atoms with Crippen molar-refractivity contribution in [3.8, 4) is 0 Å². The zero-order valence-corrected chi connectivity index (χ0v) is 22.8. The third-order valence-electron chi connectivity index (χ3n) is 7.49. The van der Waals surface area contributed by atoms with E-state index >= 15 is 0 Å². The fourth-order valence-electron chi connectivity index (χ4n) is 5.10. The van der Waals surface area contributed by atoms with Gasteiger partial charge in [0, 0.05) is 83.2 Å². The molecule has 3 aromatic carbocycles. The van der Waals surface area contributed by atoms with Gasteiger partial charge in [-0.2, -0.15) is 0 Å². The molecule has 1 amide bonds. The fraction of sp³-hybridized carbons (Fsp3) is 0.212. The summed E-state index contributed by atoms with van der Waals surface area (Å²) in [7, 11) is 0. The molecule has 3 N–H and O–H groups in total. The van der Waals surface area contributed by atoms with Gasteiger partial charge in [0.25, 0.3) is 5.91 Å². The number of ether oxygens (including phenoxy) is 1. The molecule has 0 bridgehead atoms. The molecule has 41 heavy (non-hydrogen) atoms. The highest BCUT2D eigenvalue weighted by atomic mass is 16.5. The molecule has 1 aliphatic rings. The monoisotopic (exact) mass is 547 g/mol. The molecular formula is C33H33N5O3. The van der Waals surface area contributed by atoms with Crippen LogP contribution in [0.1, 0.15) is 32.0 Å². The number of amides is 1. The Labute approximate surface area is 238 Å². The normalized spacial score (nSPS) is 13.8. The summed E-state index contributed by atoms with van der Waals surface area (Å²) in [5.41, 5.74) is 5.55. The van der Waals surface area contributed by atoms with Crippen molar-refractivity contribution in [2.45, 2.75) is 13.1 Å². The van der Waals surface area contributed by atoms with Crippen LogP contribution in [0.5, 0.6) is 0 Å². The van der Waals surface area contributed by atoms with Crippen molar-refractivity contribution in [1.82, 2.24) is 14.5 Å². The van der Waals surface area contributed by atoms with Crippen molar-refractivity contribution in [1.29, 1.82) is 0 Å². The number of hydrogen-bond donors (Lipinski definition) is 3. The lowest BCUT2D eigenvalue weighted by molar-refractivity contribution is 0.0365. The molecule has 1 aliphatic heterocycles. The van der Waals surface area contributed by atoms with Crippen LogP contribution >= 0.6 is 0 Å². The van der Waals surface area contributed by atoms with E-state index in [4.69, 9.17) is 4.74 Å². The second-order valence-corrected chi connectivity index (χ2v) is 10.2. The van der Waals surface area contributed by atoms with E-state index in [-0.39, 0.29) is 11.7 Å². The quantitative estimate of drug-likeness (QED) is 0.204. The van der Waals surface area contributed by atoms with Crippen LogP contribution in [0.2, 0.25) is 0 Å². The highest BCUT2D eigenvalue weighted by Gasteiger charge is 2.13. The predicted molar refractivity (Wildman–Crippen MR) is 162 cm³/mol. The van der Waals surface area contributed by atoms with E-state index < -0.39 is 0 Å². The number of morpholine rings is 1. The number of rotatable bonds is 10. The first-order valence-corrected chi connectivity index (χ1v) is 13.9. The molecule has 2 aromatic heterocycles. The van der Waals surface area contributed by atoms with Gasteiger partial charge in [-0.1, -0.05) is 0 Å². The number of ketones is 1. The average Bonchev–Trinajstić information content (AvgIpc) is 3.70. The molecule has 0 saturated carbocycles. The lowest BCUT2D eigenvalue weighted by Crippen LogP contribution is -2.38. The average molecular weight is 548 g/mol. The molecule has 208 valence electrons. The highest BCUT2D eigenvalue weighted by Crippen LogP contribution is 2.21. The van der Waals surface area contributed by atoms with Crippen molar-refractivity contribution >= 4 is 34.0 Å². The standard InChI is InChI=1S/C33H33N5O3/c39-32(24-3-8-28(9-4-24)35-23-30-2-1-14-34-30)25-5-10-29(11-6-25)36-33(40)27-7-12-31-26(22-27)13-15-38(31)17-16-37-18-20-41-21-19-37/h1-15,22,34-35H,16-21,23H2,(H,36,40). The number of fused-ring (bicyclic) bond motifs is 1. The molecule has 8 heteroatoms. The Kier molecular flexibility index (Phi) is 7.93. The molecule has 0 atom stereocenters. The summed E-state index contributed by atoms with van der Waals surface area (Å²) in [6.45, 7) is 6.10. The Hall–Kier alpha value is -4.66. The van der Waals surface area contributed by atoms with Crippen LogP contribution in [-0.2, 0) is 17.8 Å². The molecular weight excluding hydrogens is 514 g/mol. The number of aromatic amines is 1. The maximum Gasteiger partial charge on any atom is 0.255 e. The minimum atomic E-state index is -0.186. The van der Waals surface area contributed by atoms with E-state index in [0.29, 0.717) is 28.9 Å². The second kappa shape index (κ2) is 12.2. The molecule has 3 heterocycles. The number of aromatic nitrogens is 2. The molecule has 8 nitrogen and oxygen atoms in total. The number of carbonyl (C=O) groups is 2. The Morgan fingerprint density at radius 1 is 0.805 bits per heavy atom. The molecule has 5 aromatic rings. The van der Waals surface area contributed by atoms with Gasteiger partial charge in [-0.3, -0.25) is 14.5 Å². The Bertz CT molecular complexity index is 1620. The van der Waals surface area contributed by atoms with Gasteiger partial charge in [0.05, 0.1) is 19.8 Å². The minimum Gasteiger partial charge on any atom is -0.379 e. The maximum absolute atomic E-state index is 13.0. The van der Waals surface area contributed by atoms with E-state index in [0.717, 1.165) is 61.7 Å². The van der Waals surface area contributed by atoms with E-state index in [2.05, 4.69) is 37.3 Å². The minimum absolute atomic E-state index is 0.0672. The van der Waals surface area contributed by atoms with Gasteiger partial charge in [0.2, 0.25) is 0 Å². The van der Waals surface area contributed by atoms with E-state index in [1.165, 1.54) is 0 Å². The number of carbonyl (C=O) groups excluding carboxylic acids is 2. The van der Waals surface area contributed by atoms with Crippen LogP contribution in [0.3, 0.4) is 0 Å². The largest absolute Gasteiger partial charge is 0.379 e. The van der Waals surface area contributed by atoms with Crippen LogP contribution in [0.15, 0.2) is 97.3 Å². The van der Waals surface area contributed by atoms with E-state index in [1.54, 1.807) is 24.3 Å². The number of nitrogens with zero attached hydrogens (tertiary/aromatic N) is 2. The van der Waals surface area contributed by atoms with Crippen molar-refractivity contribution in [2.24, 2.45) is 0 Å². The van der Waals surface area contributed by atoms with Crippen LogP contribution in [0, 0.1) is 0 Å². The Morgan fingerprint density at radius 2 is 1.51 bits per heavy atom. The Morgan fingerprint density at radius 3 is 2.22 bits per heavy atom. The van der Waals surface area contributed by atoms with Crippen LogP contribution in [-0.4, -0.2) is 59.0 Å². The molecule has 0 aliphatic carbocycles. The first kappa shape index (κ1) is 26.6. The van der Waals surface area contributed by atoms with Gasteiger partial charge >= 0.3 is 0 Å². The van der Waals surface area contributed by atoms with Gasteiger partial charge < -0.3 is 24.9 Å². The van der Waals surface area contributed by atoms with Crippen LogP contribution < -0.4 is 10.6 Å². The highest BCUT2D eigenvalue weighted by molar-refractivity contribution is 6.10. The van der Waals surface area contributed by atoms with Gasteiger partial charge in [-0.05, 0) is 84.9 Å². The van der Waals surface area contributed by atoms with Gasteiger partial charge in [-0.25, -0.2) is 0 Å². The third-order valence-corrected chi connectivity index (χ3v) is 7.49. The molecule has 6 rings (SSSR count). The van der Waals surface area contributed by atoms with Crippen LogP contribution in [0.25, 0.3) is 10.9 Å². The van der Waals surface area contributed by atoms with Gasteiger partial charge in [0.15, 0.2) is 5.78 Å². The summed E-state index contributed by atoms with van der Waals surface area (Å²) < 4.78 is 7.67. The predicted octanol–water partition coefficient (Wildman–Crippen LogP) is 5.40. The summed E-state index contributed by atoms with van der Waals surface area (Å²) in [5, 5.41) is 7.32. The van der Waals surface area contributed by atoms with Crippen molar-refractivity contribution in [2.75, 3.05) is 43.5 Å². The first-order valence-electron chi connectivity index (χ1n) is 13.9. The molecule has 0 unspecified atom stereocenters. The first-order chi connectivity index (χ1) is 20.1.